The van der Waals surface area contributed by atoms with E-state index in [-0.39, 0.29) is 0 Å². The lowest BCUT2D eigenvalue weighted by Crippen LogP contribution is -2.37. The van der Waals surface area contributed by atoms with Crippen molar-refractivity contribution in [3.05, 3.63) is 101 Å². The zero-order valence-electron chi connectivity index (χ0n) is 20.6. The lowest BCUT2D eigenvalue weighted by molar-refractivity contribution is -0.112. The van der Waals surface area contributed by atoms with E-state index in [1.165, 1.54) is 0 Å². The van der Waals surface area contributed by atoms with Gasteiger partial charge in [-0.1, -0.05) is 48.5 Å². The molecule has 1 aliphatic carbocycles. The van der Waals surface area contributed by atoms with E-state index in [1.54, 1.807) is 17.1 Å². The second-order valence-corrected chi connectivity index (χ2v) is 9.34. The Morgan fingerprint density at radius 1 is 0.714 bits per heavy atom. The molecule has 6 heteroatoms. The maximum absolute atomic E-state index is 13.6. The summed E-state index contributed by atoms with van der Waals surface area (Å²) in [7, 11) is 9.82. The summed E-state index contributed by atoms with van der Waals surface area (Å²) in [6.45, 7) is 0. The number of ketones is 2. The maximum atomic E-state index is 13.6. The molecule has 3 aromatic carbocycles. The maximum Gasteiger partial charge on any atom is 0.233 e. The summed E-state index contributed by atoms with van der Waals surface area (Å²) in [6.07, 6.45) is 0. The van der Waals surface area contributed by atoms with Crippen LogP contribution in [0.1, 0.15) is 33.0 Å². The van der Waals surface area contributed by atoms with Crippen molar-refractivity contribution in [3.63, 3.8) is 0 Å². The van der Waals surface area contributed by atoms with Gasteiger partial charge in [0.25, 0.3) is 0 Å². The molecule has 0 N–H and O–H groups in total. The second kappa shape index (κ2) is 8.55. The van der Waals surface area contributed by atoms with E-state index in [4.69, 9.17) is 5.10 Å². The molecule has 0 amide bonds. The van der Waals surface area contributed by atoms with Crippen molar-refractivity contribution >= 4 is 34.3 Å². The molecule has 6 nitrogen and oxygen atoms in total. The molecule has 1 aliphatic heterocycles. The normalized spacial score (nSPS) is 17.1. The van der Waals surface area contributed by atoms with E-state index in [1.807, 2.05) is 106 Å². The number of carbonyl (C=O) groups is 2. The van der Waals surface area contributed by atoms with Crippen molar-refractivity contribution in [2.45, 2.75) is 5.92 Å². The minimum absolute atomic E-state index is 0.429. The fourth-order valence-electron chi connectivity index (χ4n) is 4.85. The minimum Gasteiger partial charge on any atom is -0.378 e. The van der Waals surface area contributed by atoms with Crippen LogP contribution >= 0.6 is 0 Å². The van der Waals surface area contributed by atoms with Crippen LogP contribution < -0.4 is 9.80 Å². The molecule has 1 atom stereocenters. The predicted octanol–water partition coefficient (Wildman–Crippen LogP) is 4.43. The van der Waals surface area contributed by atoms with Crippen molar-refractivity contribution in [3.8, 4) is 0 Å². The number of hydrazone groups is 1. The number of Topliss-reactive ketones (excluding diaryl/α,β-unsaturated/α-hetero) is 2. The Bertz CT molecular complexity index is 1380. The first-order valence-electron chi connectivity index (χ1n) is 11.6. The number of nitrogens with zero attached hydrogens (tertiary/aromatic N) is 4. The van der Waals surface area contributed by atoms with Crippen LogP contribution in [-0.4, -0.2) is 57.5 Å². The van der Waals surface area contributed by atoms with Gasteiger partial charge < -0.3 is 9.80 Å². The average Bonchev–Trinajstić information content (AvgIpc) is 2.87. The van der Waals surface area contributed by atoms with Crippen LogP contribution in [0.2, 0.25) is 0 Å². The zero-order chi connectivity index (χ0) is 24.9. The highest BCUT2D eigenvalue weighted by Gasteiger charge is 2.43. The fraction of sp³-hybridized carbons (Fsp3) is 0.207. The van der Waals surface area contributed by atoms with Gasteiger partial charge in [-0.05, 0) is 35.4 Å². The highest BCUT2D eigenvalue weighted by atomic mass is 16.2. The van der Waals surface area contributed by atoms with Crippen molar-refractivity contribution < 1.29 is 9.59 Å². The molecular formula is C29H28N4O2. The third-order valence-corrected chi connectivity index (χ3v) is 6.70. The number of hydrogen-bond donors (Lipinski definition) is 0. The molecule has 0 fully saturated rings. The lowest BCUT2D eigenvalue weighted by Gasteiger charge is -2.36. The molecule has 0 radical (unpaired) electrons. The van der Waals surface area contributed by atoms with Gasteiger partial charge in [0.05, 0.1) is 17.3 Å². The van der Waals surface area contributed by atoms with E-state index in [2.05, 4.69) is 0 Å². The highest BCUT2D eigenvalue weighted by molar-refractivity contribution is 6.53. The molecule has 0 saturated carbocycles. The third-order valence-electron chi connectivity index (χ3n) is 6.70. The van der Waals surface area contributed by atoms with E-state index in [0.717, 1.165) is 33.8 Å². The smallest absolute Gasteiger partial charge is 0.233 e. The van der Waals surface area contributed by atoms with Crippen LogP contribution in [0.3, 0.4) is 0 Å². The number of fused-ring (bicyclic) bond motifs is 2. The van der Waals surface area contributed by atoms with Gasteiger partial charge in [-0.2, -0.15) is 5.10 Å². The molecule has 5 rings (SSSR count). The topological polar surface area (TPSA) is 56.2 Å². The van der Waals surface area contributed by atoms with Gasteiger partial charge in [-0.25, -0.2) is 0 Å². The lowest BCUT2D eigenvalue weighted by atomic mass is 9.74. The van der Waals surface area contributed by atoms with Gasteiger partial charge in [0.1, 0.15) is 0 Å². The number of rotatable bonds is 4. The van der Waals surface area contributed by atoms with Crippen molar-refractivity contribution in [2.75, 3.05) is 45.0 Å². The summed E-state index contributed by atoms with van der Waals surface area (Å²) < 4.78 is 0. The van der Waals surface area contributed by atoms with E-state index < -0.39 is 17.5 Å². The van der Waals surface area contributed by atoms with Gasteiger partial charge >= 0.3 is 0 Å². The molecule has 176 valence electrons. The first kappa shape index (κ1) is 22.6. The van der Waals surface area contributed by atoms with Crippen molar-refractivity contribution in [2.24, 2.45) is 5.10 Å². The minimum atomic E-state index is -0.468. The van der Waals surface area contributed by atoms with Gasteiger partial charge in [0, 0.05) is 63.3 Å². The van der Waals surface area contributed by atoms with Crippen molar-refractivity contribution in [1.82, 2.24) is 5.01 Å². The Morgan fingerprint density at radius 3 is 1.83 bits per heavy atom. The first-order valence-corrected chi connectivity index (χ1v) is 11.6. The first-order chi connectivity index (χ1) is 16.8. The summed E-state index contributed by atoms with van der Waals surface area (Å²) in [5.41, 5.74) is 7.06. The Labute approximate surface area is 205 Å². The number of benzene rings is 3. The summed E-state index contributed by atoms with van der Waals surface area (Å²) in [5, 5.41) is 6.74. The Hall–Kier alpha value is -4.19. The molecular weight excluding hydrogens is 436 g/mol. The van der Waals surface area contributed by atoms with E-state index in [9.17, 15) is 9.59 Å². The van der Waals surface area contributed by atoms with Crippen LogP contribution in [-0.2, 0) is 4.79 Å². The van der Waals surface area contributed by atoms with Crippen LogP contribution in [0.5, 0.6) is 0 Å². The molecule has 1 unspecified atom stereocenters. The SMILES string of the molecule is CN1N=C(c2ccc(N(C)C)cc2)C(c2ccc(N(C)C)cc2)C2=C1c1ccccc1C(=O)C2=O. The summed E-state index contributed by atoms with van der Waals surface area (Å²) >= 11 is 0. The van der Waals surface area contributed by atoms with E-state index >= 15 is 0 Å². The molecule has 0 aromatic heterocycles. The Kier molecular flexibility index (Phi) is 5.52. The largest absolute Gasteiger partial charge is 0.378 e. The van der Waals surface area contributed by atoms with Crippen LogP contribution in [0.25, 0.3) is 5.70 Å². The van der Waals surface area contributed by atoms with Gasteiger partial charge in [0.2, 0.25) is 11.6 Å². The number of carbonyl (C=O) groups excluding carboxylic acids is 2. The monoisotopic (exact) mass is 464 g/mol. The molecule has 35 heavy (non-hydrogen) atoms. The molecule has 0 bridgehead atoms. The number of hydrogen-bond acceptors (Lipinski definition) is 6. The molecule has 1 heterocycles. The fourth-order valence-corrected chi connectivity index (χ4v) is 4.85. The second-order valence-electron chi connectivity index (χ2n) is 9.34. The van der Waals surface area contributed by atoms with Gasteiger partial charge in [-0.15, -0.1) is 0 Å². The van der Waals surface area contributed by atoms with Gasteiger partial charge in [0.15, 0.2) is 0 Å². The molecule has 0 saturated heterocycles. The average molecular weight is 465 g/mol. The van der Waals surface area contributed by atoms with Crippen LogP contribution in [0, 0.1) is 0 Å². The zero-order valence-corrected chi connectivity index (χ0v) is 20.6. The number of anilines is 2. The molecule has 3 aromatic rings. The van der Waals surface area contributed by atoms with E-state index in [0.29, 0.717) is 16.8 Å². The Morgan fingerprint density at radius 2 is 1.26 bits per heavy atom. The summed E-state index contributed by atoms with van der Waals surface area (Å²) in [6, 6.07) is 23.5. The van der Waals surface area contributed by atoms with Crippen molar-refractivity contribution in [1.29, 1.82) is 0 Å². The van der Waals surface area contributed by atoms with Crippen LogP contribution in [0.15, 0.2) is 83.5 Å². The Balaban J connectivity index is 1.73. The summed E-state index contributed by atoms with van der Waals surface area (Å²) in [5.74, 6) is -1.40. The van der Waals surface area contributed by atoms with Gasteiger partial charge in [-0.3, -0.25) is 14.6 Å². The molecule has 0 spiro atoms. The molecule has 2 aliphatic rings. The van der Waals surface area contributed by atoms with Crippen LogP contribution in [0.4, 0.5) is 11.4 Å². The highest BCUT2D eigenvalue weighted by Crippen LogP contribution is 2.44. The quantitative estimate of drug-likeness (QED) is 0.535. The third kappa shape index (κ3) is 3.71. The number of allylic oxidation sites excluding steroid dienone is 1. The predicted molar refractivity (Wildman–Crippen MR) is 141 cm³/mol. The summed E-state index contributed by atoms with van der Waals surface area (Å²) in [4.78, 5) is 30.9. The standard InChI is InChI=1S/C29H28N4O2/c1-31(2)20-14-10-18(11-15-20)24-25-27(22-8-6-7-9-23(22)28(34)29(25)35)33(5)30-26(24)19-12-16-21(17-13-19)32(3)4/h6-17,24H,1-5H3.